The number of benzene rings is 1. The van der Waals surface area contributed by atoms with Crippen molar-refractivity contribution in [1.29, 1.82) is 5.26 Å². The third-order valence-corrected chi connectivity index (χ3v) is 5.52. The van der Waals surface area contributed by atoms with Crippen LogP contribution in [0, 0.1) is 36.0 Å². The van der Waals surface area contributed by atoms with Crippen LogP contribution < -0.4 is 0 Å². The average Bonchev–Trinajstić information content (AvgIpc) is 2.41. The lowest BCUT2D eigenvalue weighted by Gasteiger charge is -2.47. The zero-order valence-corrected chi connectivity index (χ0v) is 14.0. The Labute approximate surface area is 128 Å². The van der Waals surface area contributed by atoms with Crippen LogP contribution in [-0.2, 0) is 5.60 Å². The van der Waals surface area contributed by atoms with E-state index in [-0.39, 0.29) is 5.41 Å². The van der Waals surface area contributed by atoms with Crippen LogP contribution in [0.25, 0.3) is 0 Å². The Bertz CT molecular complexity index is 568. The van der Waals surface area contributed by atoms with Gasteiger partial charge in [-0.25, -0.2) is 0 Å². The molecule has 21 heavy (non-hydrogen) atoms. The van der Waals surface area contributed by atoms with Crippen molar-refractivity contribution < 1.29 is 5.11 Å². The molecule has 114 valence electrons. The van der Waals surface area contributed by atoms with Crippen LogP contribution in [0.2, 0.25) is 0 Å². The normalized spacial score (nSPS) is 23.1. The van der Waals surface area contributed by atoms with E-state index in [1.165, 1.54) is 0 Å². The highest BCUT2D eigenvalue weighted by Crippen LogP contribution is 2.54. The standard InChI is InChI=1S/C19H27NO/c1-14-6-7-15(2)16(12-14)18(5,21)19(13-20)10-8-17(3,4)9-11-19/h6-7,12,21H,8-11H2,1-5H3. The van der Waals surface area contributed by atoms with Crippen molar-refractivity contribution in [3.05, 3.63) is 34.9 Å². The molecule has 0 bridgehead atoms. The van der Waals surface area contributed by atoms with Crippen molar-refractivity contribution in [1.82, 2.24) is 0 Å². The molecule has 0 spiro atoms. The molecule has 1 unspecified atom stereocenters. The summed E-state index contributed by atoms with van der Waals surface area (Å²) >= 11 is 0. The van der Waals surface area contributed by atoms with E-state index < -0.39 is 11.0 Å². The summed E-state index contributed by atoms with van der Waals surface area (Å²) in [5.41, 5.74) is 1.59. The molecule has 0 radical (unpaired) electrons. The van der Waals surface area contributed by atoms with Gasteiger partial charge in [-0.3, -0.25) is 0 Å². The molecular weight excluding hydrogens is 258 g/mol. The van der Waals surface area contributed by atoms with Gasteiger partial charge in [0.25, 0.3) is 0 Å². The summed E-state index contributed by atoms with van der Waals surface area (Å²) in [6.45, 7) is 10.4. The number of aryl methyl sites for hydroxylation is 2. The van der Waals surface area contributed by atoms with Gasteiger partial charge in [0.2, 0.25) is 0 Å². The number of hydrogen-bond donors (Lipinski definition) is 1. The lowest BCUT2D eigenvalue weighted by Crippen LogP contribution is -2.46. The van der Waals surface area contributed by atoms with Gasteiger partial charge in [-0.15, -0.1) is 0 Å². The van der Waals surface area contributed by atoms with E-state index in [9.17, 15) is 10.4 Å². The zero-order valence-electron chi connectivity index (χ0n) is 14.0. The smallest absolute Gasteiger partial charge is 0.106 e. The van der Waals surface area contributed by atoms with Gasteiger partial charge in [0, 0.05) is 0 Å². The Kier molecular flexibility index (Phi) is 3.93. The minimum absolute atomic E-state index is 0.276. The molecule has 0 amide bonds. The van der Waals surface area contributed by atoms with Gasteiger partial charge in [-0.2, -0.15) is 5.26 Å². The molecule has 0 aromatic heterocycles. The summed E-state index contributed by atoms with van der Waals surface area (Å²) in [6.07, 6.45) is 3.50. The van der Waals surface area contributed by atoms with Gasteiger partial charge < -0.3 is 5.11 Å². The summed E-state index contributed by atoms with van der Waals surface area (Å²) in [5.74, 6) is 0. The van der Waals surface area contributed by atoms with E-state index >= 15 is 0 Å². The number of aliphatic hydroxyl groups is 1. The Morgan fingerprint density at radius 3 is 2.24 bits per heavy atom. The lowest BCUT2D eigenvalue weighted by atomic mass is 9.57. The Morgan fingerprint density at radius 1 is 1.14 bits per heavy atom. The van der Waals surface area contributed by atoms with E-state index in [0.29, 0.717) is 0 Å². The fraction of sp³-hybridized carbons (Fsp3) is 0.632. The molecule has 2 heteroatoms. The SMILES string of the molecule is Cc1ccc(C)c(C(C)(O)C2(C#N)CCC(C)(C)CC2)c1. The van der Waals surface area contributed by atoms with E-state index in [0.717, 1.165) is 42.4 Å². The summed E-state index contributed by atoms with van der Waals surface area (Å²) in [6, 6.07) is 8.62. The molecule has 1 aliphatic carbocycles. The monoisotopic (exact) mass is 285 g/mol. The molecule has 2 nitrogen and oxygen atoms in total. The maximum absolute atomic E-state index is 11.3. The van der Waals surface area contributed by atoms with Crippen molar-refractivity contribution in [3.63, 3.8) is 0 Å². The van der Waals surface area contributed by atoms with Crippen molar-refractivity contribution in [2.45, 2.75) is 65.9 Å². The Hall–Kier alpha value is -1.33. The maximum Gasteiger partial charge on any atom is 0.106 e. The quantitative estimate of drug-likeness (QED) is 0.861. The molecule has 0 aliphatic heterocycles. The molecule has 1 atom stereocenters. The van der Waals surface area contributed by atoms with Gasteiger partial charge in [0.15, 0.2) is 0 Å². The second kappa shape index (κ2) is 5.14. The Morgan fingerprint density at radius 2 is 1.71 bits per heavy atom. The second-order valence-electron chi connectivity index (χ2n) is 7.75. The molecule has 1 saturated carbocycles. The first-order valence-corrected chi connectivity index (χ1v) is 7.85. The van der Waals surface area contributed by atoms with Crippen LogP contribution in [-0.4, -0.2) is 5.11 Å². The van der Waals surface area contributed by atoms with Crippen molar-refractivity contribution >= 4 is 0 Å². The molecule has 1 aromatic rings. The number of hydrogen-bond acceptors (Lipinski definition) is 2. The van der Waals surface area contributed by atoms with Crippen LogP contribution in [0.1, 0.15) is 63.1 Å². The maximum atomic E-state index is 11.3. The lowest BCUT2D eigenvalue weighted by molar-refractivity contribution is -0.0777. The van der Waals surface area contributed by atoms with Gasteiger partial charge in [-0.05, 0) is 63.0 Å². The van der Waals surface area contributed by atoms with Crippen molar-refractivity contribution in [2.75, 3.05) is 0 Å². The van der Waals surface area contributed by atoms with Gasteiger partial charge >= 0.3 is 0 Å². The fourth-order valence-corrected chi connectivity index (χ4v) is 3.58. The number of nitrogens with zero attached hydrogens (tertiary/aromatic N) is 1. The van der Waals surface area contributed by atoms with Crippen LogP contribution in [0.4, 0.5) is 0 Å². The second-order valence-corrected chi connectivity index (χ2v) is 7.75. The van der Waals surface area contributed by atoms with E-state index in [2.05, 4.69) is 26.0 Å². The van der Waals surface area contributed by atoms with E-state index in [4.69, 9.17) is 0 Å². The topological polar surface area (TPSA) is 44.0 Å². The minimum Gasteiger partial charge on any atom is -0.384 e. The molecule has 1 N–H and O–H groups in total. The summed E-state index contributed by atoms with van der Waals surface area (Å²) in [7, 11) is 0. The van der Waals surface area contributed by atoms with E-state index in [1.54, 1.807) is 0 Å². The van der Waals surface area contributed by atoms with Crippen LogP contribution in [0.3, 0.4) is 0 Å². The zero-order chi connectivity index (χ0) is 15.9. The number of rotatable bonds is 2. The first-order valence-electron chi connectivity index (χ1n) is 7.85. The average molecular weight is 285 g/mol. The molecule has 1 fully saturated rings. The molecule has 1 aromatic carbocycles. The van der Waals surface area contributed by atoms with Crippen molar-refractivity contribution in [2.24, 2.45) is 10.8 Å². The van der Waals surface area contributed by atoms with Crippen LogP contribution >= 0.6 is 0 Å². The first kappa shape index (κ1) is 16.0. The predicted molar refractivity (Wildman–Crippen MR) is 85.8 cm³/mol. The highest BCUT2D eigenvalue weighted by molar-refractivity contribution is 5.38. The predicted octanol–water partition coefficient (Wildman–Crippen LogP) is 4.62. The highest BCUT2D eigenvalue weighted by atomic mass is 16.3. The van der Waals surface area contributed by atoms with Gasteiger partial charge in [-0.1, -0.05) is 37.6 Å². The molecule has 0 heterocycles. The van der Waals surface area contributed by atoms with E-state index in [1.807, 2.05) is 32.9 Å². The summed E-state index contributed by atoms with van der Waals surface area (Å²) in [4.78, 5) is 0. The minimum atomic E-state index is -1.10. The third-order valence-electron chi connectivity index (χ3n) is 5.52. The van der Waals surface area contributed by atoms with Crippen LogP contribution in [0.5, 0.6) is 0 Å². The molecule has 0 saturated heterocycles. The van der Waals surface area contributed by atoms with Crippen LogP contribution in [0.15, 0.2) is 18.2 Å². The van der Waals surface area contributed by atoms with Crippen molar-refractivity contribution in [3.8, 4) is 6.07 Å². The highest BCUT2D eigenvalue weighted by Gasteiger charge is 2.52. The van der Waals surface area contributed by atoms with Gasteiger partial charge in [0.1, 0.15) is 5.60 Å². The third kappa shape index (κ3) is 2.72. The first-order chi connectivity index (χ1) is 9.63. The molecule has 2 rings (SSSR count). The Balaban J connectivity index is 2.46. The summed E-state index contributed by atoms with van der Waals surface area (Å²) < 4.78 is 0. The summed E-state index contributed by atoms with van der Waals surface area (Å²) in [5, 5.41) is 21.2. The number of nitriles is 1. The fourth-order valence-electron chi connectivity index (χ4n) is 3.58. The molecule has 1 aliphatic rings. The van der Waals surface area contributed by atoms with Gasteiger partial charge in [0.05, 0.1) is 11.5 Å². The molecular formula is C19H27NO. The largest absolute Gasteiger partial charge is 0.384 e.